The Labute approximate surface area is 137 Å². The lowest BCUT2D eigenvalue weighted by Crippen LogP contribution is -2.40. The minimum absolute atomic E-state index is 0.193. The lowest BCUT2D eigenvalue weighted by molar-refractivity contribution is -0.139. The molecule has 1 aliphatic heterocycles. The van der Waals surface area contributed by atoms with Gasteiger partial charge in [-0.3, -0.25) is 14.5 Å². The number of carbonyl (C=O) groups is 2. The summed E-state index contributed by atoms with van der Waals surface area (Å²) in [5, 5.41) is 0. The normalized spacial score (nSPS) is 15.5. The summed E-state index contributed by atoms with van der Waals surface area (Å²) < 4.78 is 5.34. The fraction of sp³-hybridized carbons (Fsp3) is 0.368. The Kier molecular flexibility index (Phi) is 5.04. The van der Waals surface area contributed by atoms with E-state index in [0.29, 0.717) is 12.1 Å². The van der Waals surface area contributed by atoms with Crippen LogP contribution in [0.15, 0.2) is 29.4 Å². The maximum atomic E-state index is 12.3. The third-order valence-corrected chi connectivity index (χ3v) is 4.46. The van der Waals surface area contributed by atoms with Gasteiger partial charge in [0.15, 0.2) is 0 Å². The Morgan fingerprint density at radius 1 is 1.22 bits per heavy atom. The molecular formula is C19H23NO3. The molecule has 0 bridgehead atoms. The third-order valence-electron chi connectivity index (χ3n) is 4.46. The highest BCUT2D eigenvalue weighted by atomic mass is 16.5. The topological polar surface area (TPSA) is 46.6 Å². The monoisotopic (exact) mass is 313 g/mol. The molecule has 0 radical (unpaired) electrons. The van der Waals surface area contributed by atoms with Gasteiger partial charge in [0.25, 0.3) is 11.8 Å². The van der Waals surface area contributed by atoms with E-state index >= 15 is 0 Å². The molecule has 0 fully saturated rings. The summed E-state index contributed by atoms with van der Waals surface area (Å²) in [6.07, 6.45) is 3.93. The van der Waals surface area contributed by atoms with Crippen LogP contribution in [0.3, 0.4) is 0 Å². The van der Waals surface area contributed by atoms with E-state index < -0.39 is 0 Å². The fourth-order valence-corrected chi connectivity index (χ4v) is 2.58. The first-order valence-corrected chi connectivity index (χ1v) is 7.70. The number of benzene rings is 1. The Morgan fingerprint density at radius 2 is 1.91 bits per heavy atom. The average Bonchev–Trinajstić information content (AvgIpc) is 2.53. The van der Waals surface area contributed by atoms with Crippen molar-refractivity contribution in [1.29, 1.82) is 0 Å². The number of hydrogen-bond donors (Lipinski definition) is 0. The van der Waals surface area contributed by atoms with Gasteiger partial charge in [-0.15, -0.1) is 0 Å². The zero-order valence-corrected chi connectivity index (χ0v) is 14.4. The van der Waals surface area contributed by atoms with Crippen LogP contribution in [0, 0.1) is 13.8 Å². The first kappa shape index (κ1) is 17.0. The fourth-order valence-electron chi connectivity index (χ4n) is 2.58. The summed E-state index contributed by atoms with van der Waals surface area (Å²) in [5.41, 5.74) is 4.79. The smallest absolute Gasteiger partial charge is 0.256 e. The first-order valence-electron chi connectivity index (χ1n) is 7.70. The molecule has 122 valence electrons. The number of nitrogens with zero attached hydrogens (tertiary/aromatic N) is 1. The highest BCUT2D eigenvalue weighted by molar-refractivity contribution is 6.09. The van der Waals surface area contributed by atoms with Gasteiger partial charge < -0.3 is 4.74 Å². The van der Waals surface area contributed by atoms with Crippen molar-refractivity contribution < 1.29 is 14.3 Å². The zero-order valence-electron chi connectivity index (χ0n) is 14.4. The number of imide groups is 1. The number of hydrogen-bond acceptors (Lipinski definition) is 3. The van der Waals surface area contributed by atoms with Crippen LogP contribution in [0.5, 0.6) is 5.75 Å². The summed E-state index contributed by atoms with van der Waals surface area (Å²) in [6, 6.07) is 3.88. The van der Waals surface area contributed by atoms with Gasteiger partial charge in [0.1, 0.15) is 5.75 Å². The Morgan fingerprint density at radius 3 is 2.57 bits per heavy atom. The molecule has 1 aromatic rings. The lowest BCUT2D eigenvalue weighted by Gasteiger charge is -2.25. The van der Waals surface area contributed by atoms with Crippen LogP contribution in [0.25, 0.3) is 6.08 Å². The quantitative estimate of drug-likeness (QED) is 0.803. The SMILES string of the molecule is COc1cc(/C=C/C(=O)N2CCC(C)=C(C)C2=O)cc(C)c1C. The van der Waals surface area contributed by atoms with Crippen molar-refractivity contribution in [2.45, 2.75) is 34.1 Å². The molecule has 2 rings (SSSR count). The Balaban J connectivity index is 2.19. The van der Waals surface area contributed by atoms with Gasteiger partial charge in [-0.2, -0.15) is 0 Å². The van der Waals surface area contributed by atoms with E-state index in [9.17, 15) is 9.59 Å². The number of aryl methyl sites for hydroxylation is 1. The summed E-state index contributed by atoms with van der Waals surface area (Å²) in [7, 11) is 1.63. The standard InChI is InChI=1S/C19H23NO3/c1-12-8-9-20(19(22)15(12)4)18(21)7-6-16-10-13(2)14(3)17(11-16)23-5/h6-7,10-11H,8-9H2,1-5H3/b7-6+. The van der Waals surface area contributed by atoms with E-state index in [1.54, 1.807) is 20.1 Å². The van der Waals surface area contributed by atoms with Crippen molar-refractivity contribution in [1.82, 2.24) is 4.90 Å². The molecule has 1 heterocycles. The molecule has 2 amide bonds. The molecule has 1 aromatic carbocycles. The summed E-state index contributed by atoms with van der Waals surface area (Å²) >= 11 is 0. The maximum absolute atomic E-state index is 12.3. The van der Waals surface area contributed by atoms with Gasteiger partial charge in [-0.05, 0) is 62.9 Å². The van der Waals surface area contributed by atoms with Crippen LogP contribution >= 0.6 is 0 Å². The Bertz CT molecular complexity index is 714. The summed E-state index contributed by atoms with van der Waals surface area (Å²) in [6.45, 7) is 8.15. The van der Waals surface area contributed by atoms with Crippen molar-refractivity contribution in [3.8, 4) is 5.75 Å². The molecule has 23 heavy (non-hydrogen) atoms. The van der Waals surface area contributed by atoms with Gasteiger partial charge in [-0.25, -0.2) is 0 Å². The van der Waals surface area contributed by atoms with Crippen LogP contribution < -0.4 is 4.74 Å². The molecule has 0 aliphatic carbocycles. The predicted octanol–water partition coefficient (Wildman–Crippen LogP) is 3.42. The minimum Gasteiger partial charge on any atom is -0.496 e. The highest BCUT2D eigenvalue weighted by Gasteiger charge is 2.25. The lowest BCUT2D eigenvalue weighted by atomic mass is 10.0. The molecule has 0 N–H and O–H groups in total. The van der Waals surface area contributed by atoms with Gasteiger partial charge in [-0.1, -0.05) is 11.6 Å². The number of ether oxygens (including phenoxy) is 1. The number of carbonyl (C=O) groups excluding carboxylic acids is 2. The molecular weight excluding hydrogens is 290 g/mol. The second-order valence-corrected chi connectivity index (χ2v) is 5.95. The maximum Gasteiger partial charge on any atom is 0.256 e. The van der Waals surface area contributed by atoms with Gasteiger partial charge in [0, 0.05) is 18.2 Å². The number of rotatable bonds is 3. The van der Waals surface area contributed by atoms with Crippen molar-refractivity contribution in [3.05, 3.63) is 46.0 Å². The van der Waals surface area contributed by atoms with Crippen molar-refractivity contribution >= 4 is 17.9 Å². The van der Waals surface area contributed by atoms with Crippen LogP contribution in [-0.4, -0.2) is 30.4 Å². The second-order valence-electron chi connectivity index (χ2n) is 5.95. The van der Waals surface area contributed by atoms with Crippen LogP contribution in [0.2, 0.25) is 0 Å². The van der Waals surface area contributed by atoms with Gasteiger partial charge >= 0.3 is 0 Å². The van der Waals surface area contributed by atoms with E-state index in [-0.39, 0.29) is 11.8 Å². The Hall–Kier alpha value is -2.36. The molecule has 0 spiro atoms. The van der Waals surface area contributed by atoms with Crippen LogP contribution in [0.1, 0.15) is 37.0 Å². The zero-order chi connectivity index (χ0) is 17.1. The number of methoxy groups -OCH3 is 1. The van der Waals surface area contributed by atoms with Crippen molar-refractivity contribution in [2.75, 3.05) is 13.7 Å². The third kappa shape index (κ3) is 3.52. The molecule has 1 aliphatic rings. The van der Waals surface area contributed by atoms with E-state index in [1.165, 1.54) is 11.0 Å². The largest absolute Gasteiger partial charge is 0.496 e. The van der Waals surface area contributed by atoms with Crippen molar-refractivity contribution in [3.63, 3.8) is 0 Å². The van der Waals surface area contributed by atoms with E-state index in [4.69, 9.17) is 4.74 Å². The number of amides is 2. The van der Waals surface area contributed by atoms with Gasteiger partial charge in [0.2, 0.25) is 0 Å². The molecule has 0 saturated heterocycles. The van der Waals surface area contributed by atoms with E-state index in [2.05, 4.69) is 0 Å². The van der Waals surface area contributed by atoms with Crippen LogP contribution in [-0.2, 0) is 9.59 Å². The van der Waals surface area contributed by atoms with Crippen LogP contribution in [0.4, 0.5) is 0 Å². The highest BCUT2D eigenvalue weighted by Crippen LogP contribution is 2.24. The predicted molar refractivity (Wildman–Crippen MR) is 91.2 cm³/mol. The minimum atomic E-state index is -0.279. The van der Waals surface area contributed by atoms with E-state index in [0.717, 1.165) is 34.4 Å². The summed E-state index contributed by atoms with van der Waals surface area (Å²) in [4.78, 5) is 25.8. The first-order chi connectivity index (χ1) is 10.8. The molecule has 0 saturated carbocycles. The molecule has 0 atom stereocenters. The van der Waals surface area contributed by atoms with E-state index in [1.807, 2.05) is 32.9 Å². The molecule has 4 nitrogen and oxygen atoms in total. The second kappa shape index (κ2) is 6.82. The molecule has 0 unspecified atom stereocenters. The molecule has 4 heteroatoms. The van der Waals surface area contributed by atoms with Gasteiger partial charge in [0.05, 0.1) is 7.11 Å². The average molecular weight is 313 g/mol. The van der Waals surface area contributed by atoms with Crippen molar-refractivity contribution in [2.24, 2.45) is 0 Å². The summed E-state index contributed by atoms with van der Waals surface area (Å²) in [5.74, 6) is 0.320. The molecule has 0 aromatic heterocycles.